The van der Waals surface area contributed by atoms with E-state index >= 15 is 0 Å². The Morgan fingerprint density at radius 1 is 0.812 bits per heavy atom. The maximum Gasteiger partial charge on any atom is 0.246 e. The molecule has 2 aromatic carbocycles. The molecule has 1 aliphatic carbocycles. The first-order valence-electron chi connectivity index (χ1n) is 10.7. The van der Waals surface area contributed by atoms with E-state index in [0.717, 1.165) is 40.9 Å². The van der Waals surface area contributed by atoms with Crippen LogP contribution in [0.2, 0.25) is 0 Å². The van der Waals surface area contributed by atoms with E-state index in [4.69, 9.17) is 15.1 Å². The third-order valence-corrected chi connectivity index (χ3v) is 6.29. The lowest BCUT2D eigenvalue weighted by molar-refractivity contribution is 0.253. The summed E-state index contributed by atoms with van der Waals surface area (Å²) in [6, 6.07) is 18.5. The molecule has 0 spiro atoms. The average molecular weight is 419 g/mol. The normalized spacial score (nSPS) is 14.9. The summed E-state index contributed by atoms with van der Waals surface area (Å²) < 4.78 is 6.26. The van der Waals surface area contributed by atoms with Gasteiger partial charge in [0.05, 0.1) is 17.5 Å². The fourth-order valence-electron chi connectivity index (χ4n) is 4.32. The molecular formula is C26H21N5O. The van der Waals surface area contributed by atoms with Gasteiger partial charge >= 0.3 is 0 Å². The summed E-state index contributed by atoms with van der Waals surface area (Å²) in [4.78, 5) is 17.7. The van der Waals surface area contributed by atoms with E-state index in [-0.39, 0.29) is 5.54 Å². The Morgan fingerprint density at radius 3 is 2.25 bits per heavy atom. The topological polar surface area (TPSA) is 90.7 Å². The van der Waals surface area contributed by atoms with Crippen LogP contribution < -0.4 is 5.73 Å². The van der Waals surface area contributed by atoms with E-state index in [1.165, 1.54) is 18.3 Å². The minimum atomic E-state index is -0.190. The van der Waals surface area contributed by atoms with Gasteiger partial charge in [0.2, 0.25) is 5.71 Å². The van der Waals surface area contributed by atoms with Crippen LogP contribution in [0.3, 0.4) is 0 Å². The van der Waals surface area contributed by atoms with Gasteiger partial charge in [-0.15, -0.1) is 0 Å². The molecule has 3 heterocycles. The molecule has 0 aliphatic heterocycles. The number of rotatable bonds is 4. The second-order valence-electron chi connectivity index (χ2n) is 8.30. The van der Waals surface area contributed by atoms with Crippen LogP contribution in [0.25, 0.3) is 44.9 Å². The Bertz CT molecular complexity index is 1390. The highest BCUT2D eigenvalue weighted by Gasteiger charge is 2.34. The Morgan fingerprint density at radius 2 is 1.56 bits per heavy atom. The second-order valence-corrected chi connectivity index (χ2v) is 8.30. The van der Waals surface area contributed by atoms with Crippen molar-refractivity contribution >= 4 is 11.2 Å². The van der Waals surface area contributed by atoms with Crippen LogP contribution in [-0.4, -0.2) is 19.9 Å². The van der Waals surface area contributed by atoms with E-state index < -0.39 is 0 Å². The van der Waals surface area contributed by atoms with Crippen LogP contribution in [-0.2, 0) is 5.54 Å². The molecular weight excluding hydrogens is 398 g/mol. The Hall–Kier alpha value is -3.90. The zero-order valence-corrected chi connectivity index (χ0v) is 17.4. The van der Waals surface area contributed by atoms with Gasteiger partial charge < -0.3 is 10.2 Å². The highest BCUT2D eigenvalue weighted by Crippen LogP contribution is 2.42. The standard InChI is InChI=1S/C26H21N5O/c27-26(11-4-12-26)20-9-7-18(8-10-20)24-22(17-5-2-1-3-6-17)23-25(32-24)30-15-21(31-23)19-13-28-16-29-14-19/h1-3,5-10,13-16H,4,11-12,27H2. The quantitative estimate of drug-likeness (QED) is 0.422. The van der Waals surface area contributed by atoms with Gasteiger partial charge in [0, 0.05) is 29.1 Å². The molecule has 3 aromatic heterocycles. The molecule has 1 saturated carbocycles. The third-order valence-electron chi connectivity index (χ3n) is 6.29. The lowest BCUT2D eigenvalue weighted by Gasteiger charge is -2.38. The number of furan rings is 1. The van der Waals surface area contributed by atoms with Gasteiger partial charge in [-0.05, 0) is 30.4 Å². The molecule has 0 saturated heterocycles. The molecule has 6 rings (SSSR count). The molecule has 0 amide bonds. The van der Waals surface area contributed by atoms with E-state index in [9.17, 15) is 0 Å². The van der Waals surface area contributed by atoms with E-state index in [2.05, 4.69) is 51.4 Å². The van der Waals surface area contributed by atoms with Crippen molar-refractivity contribution in [2.75, 3.05) is 0 Å². The van der Waals surface area contributed by atoms with Crippen LogP contribution in [0.4, 0.5) is 0 Å². The molecule has 32 heavy (non-hydrogen) atoms. The molecule has 1 aliphatic rings. The van der Waals surface area contributed by atoms with Crippen LogP contribution >= 0.6 is 0 Å². The summed E-state index contributed by atoms with van der Waals surface area (Å²) in [6.45, 7) is 0. The van der Waals surface area contributed by atoms with E-state index in [0.29, 0.717) is 16.9 Å². The Labute approximate surface area is 185 Å². The zero-order chi connectivity index (χ0) is 21.5. The van der Waals surface area contributed by atoms with E-state index in [1.54, 1.807) is 18.6 Å². The monoisotopic (exact) mass is 419 g/mol. The molecule has 0 atom stereocenters. The van der Waals surface area contributed by atoms with Crippen molar-refractivity contribution in [2.45, 2.75) is 24.8 Å². The molecule has 1 fully saturated rings. The van der Waals surface area contributed by atoms with Gasteiger partial charge in [0.25, 0.3) is 0 Å². The summed E-state index contributed by atoms with van der Waals surface area (Å²) in [5, 5.41) is 0. The molecule has 0 unspecified atom stereocenters. The second kappa shape index (κ2) is 7.35. The Balaban J connectivity index is 1.53. The van der Waals surface area contributed by atoms with Crippen molar-refractivity contribution in [3.05, 3.63) is 85.1 Å². The number of nitrogens with zero attached hydrogens (tertiary/aromatic N) is 4. The van der Waals surface area contributed by atoms with Crippen LogP contribution in [0.15, 0.2) is 83.9 Å². The summed E-state index contributed by atoms with van der Waals surface area (Å²) in [6.07, 6.45) is 9.91. The van der Waals surface area contributed by atoms with Gasteiger partial charge in [0.15, 0.2) is 0 Å². The van der Waals surface area contributed by atoms with Crippen LogP contribution in [0, 0.1) is 0 Å². The molecule has 6 heteroatoms. The summed E-state index contributed by atoms with van der Waals surface area (Å²) in [7, 11) is 0. The molecule has 156 valence electrons. The summed E-state index contributed by atoms with van der Waals surface area (Å²) in [5.41, 5.74) is 13.1. The number of fused-ring (bicyclic) bond motifs is 1. The zero-order valence-electron chi connectivity index (χ0n) is 17.4. The molecule has 5 aromatic rings. The summed E-state index contributed by atoms with van der Waals surface area (Å²) >= 11 is 0. The van der Waals surface area contributed by atoms with Crippen molar-refractivity contribution in [2.24, 2.45) is 5.73 Å². The Kier molecular flexibility index (Phi) is 4.33. The van der Waals surface area contributed by atoms with Crippen molar-refractivity contribution in [1.82, 2.24) is 19.9 Å². The van der Waals surface area contributed by atoms with Crippen molar-refractivity contribution in [3.63, 3.8) is 0 Å². The molecule has 6 nitrogen and oxygen atoms in total. The average Bonchev–Trinajstić information content (AvgIpc) is 3.22. The fourth-order valence-corrected chi connectivity index (χ4v) is 4.32. The van der Waals surface area contributed by atoms with Crippen molar-refractivity contribution < 1.29 is 4.42 Å². The van der Waals surface area contributed by atoms with E-state index in [1.807, 2.05) is 18.2 Å². The van der Waals surface area contributed by atoms with Gasteiger partial charge in [-0.25, -0.2) is 19.9 Å². The van der Waals surface area contributed by atoms with Crippen molar-refractivity contribution in [1.29, 1.82) is 0 Å². The first-order valence-corrected chi connectivity index (χ1v) is 10.7. The first-order chi connectivity index (χ1) is 15.7. The number of hydrogen-bond acceptors (Lipinski definition) is 6. The fraction of sp³-hybridized carbons (Fsp3) is 0.154. The predicted octanol–water partition coefficient (Wildman–Crippen LogP) is 5.35. The largest absolute Gasteiger partial charge is 0.436 e. The molecule has 0 radical (unpaired) electrons. The number of nitrogens with two attached hydrogens (primary N) is 1. The van der Waals surface area contributed by atoms with Gasteiger partial charge in [-0.2, -0.15) is 0 Å². The third kappa shape index (κ3) is 3.08. The lowest BCUT2D eigenvalue weighted by Crippen LogP contribution is -2.43. The number of hydrogen-bond donors (Lipinski definition) is 1. The SMILES string of the molecule is NC1(c2ccc(-c3oc4ncc(-c5cncnc5)nc4c3-c3ccccc3)cc2)CCC1. The predicted molar refractivity (Wildman–Crippen MR) is 123 cm³/mol. The maximum atomic E-state index is 6.51. The lowest BCUT2D eigenvalue weighted by atomic mass is 9.72. The highest BCUT2D eigenvalue weighted by atomic mass is 16.3. The van der Waals surface area contributed by atoms with Crippen LogP contribution in [0.1, 0.15) is 24.8 Å². The molecule has 0 bridgehead atoms. The van der Waals surface area contributed by atoms with Gasteiger partial charge in [-0.1, -0.05) is 54.6 Å². The minimum absolute atomic E-state index is 0.190. The molecule has 2 N–H and O–H groups in total. The smallest absolute Gasteiger partial charge is 0.246 e. The van der Waals surface area contributed by atoms with Gasteiger partial charge in [-0.3, -0.25) is 0 Å². The first kappa shape index (κ1) is 18.8. The number of aromatic nitrogens is 4. The summed E-state index contributed by atoms with van der Waals surface area (Å²) in [5.74, 6) is 0.749. The minimum Gasteiger partial charge on any atom is -0.436 e. The van der Waals surface area contributed by atoms with Crippen molar-refractivity contribution in [3.8, 4) is 33.7 Å². The number of benzene rings is 2. The van der Waals surface area contributed by atoms with Gasteiger partial charge in [0.1, 0.15) is 17.6 Å². The highest BCUT2D eigenvalue weighted by molar-refractivity contribution is 5.98. The van der Waals surface area contributed by atoms with Crippen LogP contribution in [0.5, 0.6) is 0 Å². The maximum absolute atomic E-state index is 6.51.